The summed E-state index contributed by atoms with van der Waals surface area (Å²) in [6.07, 6.45) is 0. The molecule has 0 unspecified atom stereocenters. The van der Waals surface area contributed by atoms with Crippen LogP contribution in [0.4, 0.5) is 17.1 Å². The van der Waals surface area contributed by atoms with Crippen molar-refractivity contribution >= 4 is 56.6 Å². The highest BCUT2D eigenvalue weighted by molar-refractivity contribution is 7.90. The number of nitrogens with one attached hydrogen (secondary N) is 5. The maximum Gasteiger partial charge on any atom is 0.341 e. The Kier molecular flexibility index (Phi) is 10.4. The van der Waals surface area contributed by atoms with Crippen LogP contribution in [0.2, 0.25) is 5.02 Å². The molecule has 218 valence electrons. The molecule has 41 heavy (non-hydrogen) atoms. The summed E-state index contributed by atoms with van der Waals surface area (Å²) in [5, 5.41) is 22.8. The van der Waals surface area contributed by atoms with Crippen molar-refractivity contribution in [2.45, 2.75) is 13.5 Å². The van der Waals surface area contributed by atoms with Gasteiger partial charge < -0.3 is 30.9 Å². The number of carboxylic acid groups (broad SMARTS) is 1. The number of nitrogens with two attached hydrogens (primary N) is 1. The minimum absolute atomic E-state index is 0.0284. The van der Waals surface area contributed by atoms with Crippen molar-refractivity contribution in [3.8, 4) is 11.5 Å². The maximum absolute atomic E-state index is 13.2. The lowest BCUT2D eigenvalue weighted by molar-refractivity contribution is -0.139. The van der Waals surface area contributed by atoms with E-state index in [1.807, 2.05) is 0 Å². The van der Waals surface area contributed by atoms with Crippen LogP contribution in [0.5, 0.6) is 11.5 Å². The normalized spacial score (nSPS) is 10.9. The Morgan fingerprint density at radius 1 is 1.05 bits per heavy atom. The Bertz CT molecular complexity index is 1550. The van der Waals surface area contributed by atoms with E-state index in [0.29, 0.717) is 27.5 Å². The topological polar surface area (TPSA) is 205 Å². The number of anilines is 3. The largest absolute Gasteiger partial charge is 0.490 e. The number of carbonyl (C=O) groups excluding carboxylic acids is 1. The molecular weight excluding hydrogens is 576 g/mol. The fourth-order valence-corrected chi connectivity index (χ4v) is 4.30. The summed E-state index contributed by atoms with van der Waals surface area (Å²) in [5.74, 6) is -1.62. The van der Waals surface area contributed by atoms with Crippen LogP contribution in [0, 0.1) is 5.41 Å². The molecule has 1 amide bonds. The van der Waals surface area contributed by atoms with Gasteiger partial charge in [-0.1, -0.05) is 11.6 Å². The molecule has 3 rings (SSSR count). The quantitative estimate of drug-likeness (QED) is 0.106. The van der Waals surface area contributed by atoms with E-state index in [9.17, 15) is 18.0 Å². The minimum atomic E-state index is -3.88. The Balaban J connectivity index is 1.95. The molecule has 0 radical (unpaired) electrons. The van der Waals surface area contributed by atoms with Gasteiger partial charge in [0.2, 0.25) is 0 Å². The molecule has 0 aliphatic carbocycles. The Hall–Kier alpha value is -4.53. The van der Waals surface area contributed by atoms with Crippen LogP contribution >= 0.6 is 11.6 Å². The fraction of sp³-hybridized carbons (Fsp3) is 0.192. The predicted molar refractivity (Wildman–Crippen MR) is 157 cm³/mol. The van der Waals surface area contributed by atoms with E-state index < -0.39 is 28.7 Å². The third-order valence-corrected chi connectivity index (χ3v) is 6.72. The van der Waals surface area contributed by atoms with Crippen molar-refractivity contribution in [2.24, 2.45) is 5.73 Å². The van der Waals surface area contributed by atoms with Crippen LogP contribution in [0.15, 0.2) is 54.6 Å². The van der Waals surface area contributed by atoms with E-state index in [1.165, 1.54) is 25.2 Å². The first-order valence-electron chi connectivity index (χ1n) is 12.1. The van der Waals surface area contributed by atoms with E-state index >= 15 is 0 Å². The van der Waals surface area contributed by atoms with Crippen LogP contribution in [-0.2, 0) is 21.5 Å². The molecule has 0 aliphatic rings. The number of nitrogen functional groups attached to an aromatic ring is 1. The number of rotatable bonds is 14. The van der Waals surface area contributed by atoms with Crippen molar-refractivity contribution in [2.75, 3.05) is 35.6 Å². The van der Waals surface area contributed by atoms with Gasteiger partial charge in [0.05, 0.1) is 17.9 Å². The van der Waals surface area contributed by atoms with Gasteiger partial charge in [-0.3, -0.25) is 14.9 Å². The van der Waals surface area contributed by atoms with Crippen LogP contribution in [0.1, 0.15) is 28.4 Å². The monoisotopic (exact) mass is 604 g/mol. The van der Waals surface area contributed by atoms with Crippen molar-refractivity contribution < 1.29 is 32.6 Å². The third kappa shape index (κ3) is 8.73. The number of halogens is 1. The first-order valence-corrected chi connectivity index (χ1v) is 13.9. The van der Waals surface area contributed by atoms with Gasteiger partial charge in [-0.05, 0) is 55.5 Å². The second kappa shape index (κ2) is 13.7. The summed E-state index contributed by atoms with van der Waals surface area (Å²) in [6.45, 7) is 1.19. The van der Waals surface area contributed by atoms with Gasteiger partial charge in [-0.2, -0.15) is 8.42 Å². The number of carboxylic acids is 1. The summed E-state index contributed by atoms with van der Waals surface area (Å²) >= 11 is 6.18. The lowest BCUT2D eigenvalue weighted by Crippen LogP contribution is -2.26. The smallest absolute Gasteiger partial charge is 0.341 e. The lowest BCUT2D eigenvalue weighted by atomic mass is 10.1. The molecule has 0 saturated heterocycles. The minimum Gasteiger partial charge on any atom is -0.490 e. The summed E-state index contributed by atoms with van der Waals surface area (Å²) in [7, 11) is -2.64. The average Bonchev–Trinajstić information content (AvgIpc) is 2.91. The molecule has 0 fully saturated rings. The molecule has 8 N–H and O–H groups in total. The Morgan fingerprint density at radius 2 is 1.76 bits per heavy atom. The van der Waals surface area contributed by atoms with Gasteiger partial charge >= 0.3 is 5.97 Å². The molecule has 0 spiro atoms. The SMILES string of the molecule is CCOc1cc(NS(=O)(=O)NC)cc(CNc2ccc(Cl)cc2C(=O)Nc2ccc(C(=N)N)cc2)c1OCC(=O)O. The molecule has 3 aromatic carbocycles. The maximum atomic E-state index is 13.2. The highest BCUT2D eigenvalue weighted by Gasteiger charge is 2.19. The lowest BCUT2D eigenvalue weighted by Gasteiger charge is -2.19. The summed E-state index contributed by atoms with van der Waals surface area (Å²) in [5.41, 5.74) is 7.47. The first kappa shape index (κ1) is 31.0. The van der Waals surface area contributed by atoms with Crippen LogP contribution in [0.25, 0.3) is 0 Å². The van der Waals surface area contributed by atoms with E-state index in [2.05, 4.69) is 20.1 Å². The molecule has 3 aromatic rings. The number of aliphatic carboxylic acids is 1. The van der Waals surface area contributed by atoms with E-state index in [1.54, 1.807) is 43.3 Å². The molecule has 15 heteroatoms. The van der Waals surface area contributed by atoms with Gasteiger partial charge in [0.25, 0.3) is 16.1 Å². The van der Waals surface area contributed by atoms with Gasteiger partial charge in [0, 0.05) is 47.2 Å². The summed E-state index contributed by atoms with van der Waals surface area (Å²) in [4.78, 5) is 24.4. The molecule has 0 heterocycles. The van der Waals surface area contributed by atoms with E-state index in [-0.39, 0.29) is 41.7 Å². The van der Waals surface area contributed by atoms with Gasteiger partial charge in [0.15, 0.2) is 18.1 Å². The zero-order valence-corrected chi connectivity index (χ0v) is 23.7. The molecule has 0 aromatic heterocycles. The van der Waals surface area contributed by atoms with Crippen LogP contribution in [0.3, 0.4) is 0 Å². The third-order valence-electron chi connectivity index (χ3n) is 5.44. The predicted octanol–water partition coefficient (Wildman–Crippen LogP) is 3.23. The summed E-state index contributed by atoms with van der Waals surface area (Å²) < 4.78 is 39.9. The van der Waals surface area contributed by atoms with E-state index in [4.69, 9.17) is 37.3 Å². The van der Waals surface area contributed by atoms with Crippen molar-refractivity contribution in [1.29, 1.82) is 5.41 Å². The highest BCUT2D eigenvalue weighted by Crippen LogP contribution is 2.36. The van der Waals surface area contributed by atoms with Crippen LogP contribution in [-0.4, -0.2) is 51.5 Å². The molecule has 0 aliphatic heterocycles. The van der Waals surface area contributed by atoms with Crippen molar-refractivity contribution in [3.05, 3.63) is 76.3 Å². The summed E-state index contributed by atoms with van der Waals surface area (Å²) in [6, 6.07) is 13.9. The number of hydrogen-bond acceptors (Lipinski definition) is 8. The first-order chi connectivity index (χ1) is 19.4. The fourth-order valence-electron chi connectivity index (χ4n) is 3.60. The Morgan fingerprint density at radius 3 is 2.37 bits per heavy atom. The zero-order chi connectivity index (χ0) is 30.2. The molecule has 0 atom stereocenters. The highest BCUT2D eigenvalue weighted by atomic mass is 35.5. The van der Waals surface area contributed by atoms with Crippen molar-refractivity contribution in [3.63, 3.8) is 0 Å². The molecular formula is C26H29ClN6O7S. The standard InChI is InChI=1S/C26H29ClN6O7S/c1-3-39-22-12-19(33-41(37,38)30-2)10-16(24(22)40-14-23(34)35)13-31-21-9-6-17(27)11-20(21)26(36)32-18-7-4-15(5-8-18)25(28)29/h4-12,30-31,33H,3,13-14H2,1-2H3,(H3,28,29)(H,32,36)(H,34,35). The zero-order valence-electron chi connectivity index (χ0n) is 22.1. The number of hydrogen-bond donors (Lipinski definition) is 7. The molecule has 0 bridgehead atoms. The van der Waals surface area contributed by atoms with Gasteiger partial charge in [-0.25, -0.2) is 9.52 Å². The van der Waals surface area contributed by atoms with Crippen LogP contribution < -0.4 is 35.3 Å². The Labute approximate surface area is 241 Å². The molecule has 0 saturated carbocycles. The number of carbonyl (C=O) groups is 2. The second-order valence-electron chi connectivity index (χ2n) is 8.38. The number of amidine groups is 1. The van der Waals surface area contributed by atoms with E-state index in [0.717, 1.165) is 0 Å². The number of ether oxygens (including phenoxy) is 2. The average molecular weight is 605 g/mol. The van der Waals surface area contributed by atoms with Crippen molar-refractivity contribution in [1.82, 2.24) is 4.72 Å². The molecule has 13 nitrogen and oxygen atoms in total. The number of benzene rings is 3. The van der Waals surface area contributed by atoms with Gasteiger partial charge in [-0.15, -0.1) is 0 Å². The van der Waals surface area contributed by atoms with Gasteiger partial charge in [0.1, 0.15) is 5.84 Å². The second-order valence-corrected chi connectivity index (χ2v) is 10.4. The number of amides is 1.